The topological polar surface area (TPSA) is 151 Å². The molecule has 12 nitrogen and oxygen atoms in total. The van der Waals surface area contributed by atoms with E-state index in [1.807, 2.05) is 11.8 Å². The van der Waals surface area contributed by atoms with Gasteiger partial charge in [-0.2, -0.15) is 0 Å². The van der Waals surface area contributed by atoms with Crippen LogP contribution in [-0.4, -0.2) is 73.3 Å². The van der Waals surface area contributed by atoms with Crippen LogP contribution < -0.4 is 16.0 Å². The number of benzene rings is 2. The van der Waals surface area contributed by atoms with Crippen molar-refractivity contribution in [2.24, 2.45) is 4.99 Å². The maximum atomic E-state index is 12.8. The molecular formula is C26H31Cl2N5O7. The van der Waals surface area contributed by atoms with Gasteiger partial charge in [0.25, 0.3) is 5.91 Å². The molecule has 14 heteroatoms. The quantitative estimate of drug-likeness (QED) is 0.118. The van der Waals surface area contributed by atoms with Crippen LogP contribution in [0.3, 0.4) is 0 Å². The monoisotopic (exact) mass is 595 g/mol. The van der Waals surface area contributed by atoms with Gasteiger partial charge in [0.05, 0.1) is 43.8 Å². The molecule has 0 saturated carbocycles. The summed E-state index contributed by atoms with van der Waals surface area (Å²) >= 11 is 12.1. The number of amides is 2. The van der Waals surface area contributed by atoms with Crippen LogP contribution >= 0.6 is 23.2 Å². The van der Waals surface area contributed by atoms with Crippen LogP contribution in [0, 0.1) is 0 Å². The van der Waals surface area contributed by atoms with Crippen molar-refractivity contribution in [2.45, 2.75) is 26.3 Å². The van der Waals surface area contributed by atoms with Crippen LogP contribution in [-0.2, 0) is 24.1 Å². The summed E-state index contributed by atoms with van der Waals surface area (Å²) in [4.78, 5) is 54.0. The summed E-state index contributed by atoms with van der Waals surface area (Å²) in [5.41, 5.74) is 1.05. The molecule has 0 bridgehead atoms. The van der Waals surface area contributed by atoms with Gasteiger partial charge in [-0.1, -0.05) is 29.3 Å². The lowest BCUT2D eigenvalue weighted by molar-refractivity contribution is -0.306. The van der Waals surface area contributed by atoms with Gasteiger partial charge in [-0.15, -0.1) is 0 Å². The number of rotatable bonds is 13. The largest absolute Gasteiger partial charge is 0.506 e. The van der Waals surface area contributed by atoms with E-state index in [1.54, 1.807) is 31.2 Å². The van der Waals surface area contributed by atoms with E-state index in [0.717, 1.165) is 0 Å². The lowest BCUT2D eigenvalue weighted by Crippen LogP contribution is -2.39. The molecule has 3 rings (SSSR count). The second-order valence-corrected chi connectivity index (χ2v) is 9.31. The number of hydrogen-bond acceptors (Lipinski definition) is 10. The third kappa shape index (κ3) is 8.98. The molecule has 1 aliphatic rings. The van der Waals surface area contributed by atoms with E-state index in [9.17, 15) is 19.5 Å². The van der Waals surface area contributed by atoms with Gasteiger partial charge in [-0.3, -0.25) is 19.4 Å². The van der Waals surface area contributed by atoms with Gasteiger partial charge < -0.3 is 30.7 Å². The molecule has 0 saturated heterocycles. The number of nitrogens with zero attached hydrogens (tertiary/aromatic N) is 2. The Labute approximate surface area is 241 Å². The van der Waals surface area contributed by atoms with Gasteiger partial charge in [0.1, 0.15) is 5.75 Å². The Morgan fingerprint density at radius 3 is 2.67 bits per heavy atom. The summed E-state index contributed by atoms with van der Waals surface area (Å²) in [5.74, 6) is -1.47. The van der Waals surface area contributed by atoms with Crippen molar-refractivity contribution in [2.75, 3.05) is 44.9 Å². The fraction of sp³-hybridized carbons (Fsp3) is 0.385. The molecule has 0 fully saturated rings. The predicted molar refractivity (Wildman–Crippen MR) is 149 cm³/mol. The van der Waals surface area contributed by atoms with E-state index < -0.39 is 30.4 Å². The Bertz CT molecular complexity index is 1240. The zero-order valence-electron chi connectivity index (χ0n) is 22.0. The van der Waals surface area contributed by atoms with Crippen LogP contribution in [0.4, 0.5) is 5.69 Å². The number of nitrogens with one attached hydrogen (secondary N) is 3. The number of carbonyl (C=O) groups is 3. The van der Waals surface area contributed by atoms with Gasteiger partial charge in [-0.05, 0) is 44.2 Å². The number of aliphatic imine (C=N–C) groups is 1. The van der Waals surface area contributed by atoms with E-state index >= 15 is 0 Å². The van der Waals surface area contributed by atoms with E-state index in [-0.39, 0.29) is 41.1 Å². The Morgan fingerprint density at radius 1 is 1.12 bits per heavy atom. The molecule has 2 amide bonds. The highest BCUT2D eigenvalue weighted by Crippen LogP contribution is 2.36. The van der Waals surface area contributed by atoms with Crippen molar-refractivity contribution in [3.05, 3.63) is 57.6 Å². The first-order valence-corrected chi connectivity index (χ1v) is 13.3. The first kappa shape index (κ1) is 31.0. The highest BCUT2D eigenvalue weighted by molar-refractivity contribution is 6.35. The van der Waals surface area contributed by atoms with Crippen LogP contribution in [0.15, 0.2) is 41.4 Å². The molecule has 4 N–H and O–H groups in total. The van der Waals surface area contributed by atoms with Crippen LogP contribution in [0.25, 0.3) is 0 Å². The van der Waals surface area contributed by atoms with Crippen molar-refractivity contribution in [3.8, 4) is 5.75 Å². The van der Waals surface area contributed by atoms with Crippen molar-refractivity contribution in [1.29, 1.82) is 0 Å². The zero-order chi connectivity index (χ0) is 29.1. The average Bonchev–Trinajstić information content (AvgIpc) is 3.36. The second kappa shape index (κ2) is 15.3. The summed E-state index contributed by atoms with van der Waals surface area (Å²) in [5, 5.41) is 18.9. The third-order valence-corrected chi connectivity index (χ3v) is 6.08. The number of esters is 1. The molecule has 40 heavy (non-hydrogen) atoms. The fourth-order valence-electron chi connectivity index (χ4n) is 3.76. The Kier molecular flexibility index (Phi) is 11.8. The smallest absolute Gasteiger partial charge is 0.308 e. The van der Waals surface area contributed by atoms with Crippen LogP contribution in [0.2, 0.25) is 10.0 Å². The number of phenolic OH excluding ortho intramolecular Hbond substituents is 1. The lowest BCUT2D eigenvalue weighted by atomic mass is 10.0. The number of guanidine groups is 1. The number of anilines is 1. The Morgan fingerprint density at radius 2 is 1.93 bits per heavy atom. The Hall–Kier alpha value is -3.58. The van der Waals surface area contributed by atoms with Crippen LogP contribution in [0.5, 0.6) is 5.75 Å². The highest BCUT2D eigenvalue weighted by Gasteiger charge is 2.24. The molecule has 2 aromatic rings. The Balaban J connectivity index is 1.62. The van der Waals surface area contributed by atoms with Crippen molar-refractivity contribution >= 4 is 52.6 Å². The number of aromatic hydroxyl groups is 1. The van der Waals surface area contributed by atoms with E-state index in [2.05, 4.69) is 20.9 Å². The zero-order valence-corrected chi connectivity index (χ0v) is 23.6. The highest BCUT2D eigenvalue weighted by atomic mass is 35.5. The SMILES string of the molecule is CCOOCN1CCN=C1Nc1cccc(C(=O)NCC(=O)NC(CC(=O)OCC)c2cc(Cl)cc(Cl)c2O)c1. The minimum Gasteiger partial charge on any atom is -0.506 e. The molecule has 0 aromatic heterocycles. The van der Waals surface area contributed by atoms with Gasteiger partial charge in [0.15, 0.2) is 6.73 Å². The van der Waals surface area contributed by atoms with Crippen molar-refractivity contribution < 1.29 is 34.0 Å². The molecule has 216 valence electrons. The van der Waals surface area contributed by atoms with Crippen molar-refractivity contribution in [1.82, 2.24) is 15.5 Å². The first-order valence-electron chi connectivity index (χ1n) is 12.5. The van der Waals surface area contributed by atoms with Gasteiger partial charge in [0, 0.05) is 28.4 Å². The van der Waals surface area contributed by atoms with Gasteiger partial charge >= 0.3 is 5.97 Å². The van der Waals surface area contributed by atoms with Gasteiger partial charge in [-0.25, -0.2) is 9.78 Å². The third-order valence-electron chi connectivity index (χ3n) is 5.58. The summed E-state index contributed by atoms with van der Waals surface area (Å²) in [6.45, 7) is 5.06. The molecule has 1 heterocycles. The fourth-order valence-corrected chi connectivity index (χ4v) is 4.27. The summed E-state index contributed by atoms with van der Waals surface area (Å²) in [7, 11) is 0. The molecule has 0 radical (unpaired) electrons. The minimum atomic E-state index is -1.01. The molecule has 0 spiro atoms. The molecule has 1 atom stereocenters. The first-order chi connectivity index (χ1) is 19.2. The molecule has 0 aliphatic carbocycles. The van der Waals surface area contributed by atoms with E-state index in [1.165, 1.54) is 12.1 Å². The summed E-state index contributed by atoms with van der Waals surface area (Å²) in [6.07, 6.45) is -0.290. The number of carbonyl (C=O) groups excluding carboxylic acids is 3. The standard InChI is InChI=1S/C26H31Cl2N5O7/c1-3-38-23(35)13-21(19-11-17(27)12-20(28)24(19)36)32-22(34)14-30-25(37)16-6-5-7-18(10-16)31-26-29-8-9-33(26)15-40-39-4-2/h5-7,10-12,21,36H,3-4,8-9,13-15H2,1-2H3,(H,29,31)(H,30,37)(H,32,34). The normalized spacial score (nSPS) is 13.4. The van der Waals surface area contributed by atoms with E-state index in [0.29, 0.717) is 36.9 Å². The number of halogens is 2. The maximum Gasteiger partial charge on any atom is 0.308 e. The summed E-state index contributed by atoms with van der Waals surface area (Å²) in [6, 6.07) is 8.39. The second-order valence-electron chi connectivity index (χ2n) is 8.47. The number of hydrogen-bond donors (Lipinski definition) is 4. The summed E-state index contributed by atoms with van der Waals surface area (Å²) < 4.78 is 4.98. The number of ether oxygens (including phenoxy) is 1. The molecule has 2 aromatic carbocycles. The number of phenols is 1. The maximum absolute atomic E-state index is 12.8. The van der Waals surface area contributed by atoms with Crippen LogP contribution in [0.1, 0.15) is 42.2 Å². The molecule has 1 aliphatic heterocycles. The van der Waals surface area contributed by atoms with E-state index in [4.69, 9.17) is 37.7 Å². The van der Waals surface area contributed by atoms with Gasteiger partial charge in [0.2, 0.25) is 11.9 Å². The molecule has 1 unspecified atom stereocenters. The predicted octanol–water partition coefficient (Wildman–Crippen LogP) is 3.25. The lowest BCUT2D eigenvalue weighted by Gasteiger charge is -2.21. The molecular weight excluding hydrogens is 565 g/mol. The van der Waals surface area contributed by atoms with Crippen molar-refractivity contribution in [3.63, 3.8) is 0 Å². The average molecular weight is 596 g/mol. The minimum absolute atomic E-state index is 0.0408.